The smallest absolute Gasteiger partial charge is 0.337 e. The molecular formula is C22H18N4O4. The molecule has 0 saturated heterocycles. The maximum atomic E-state index is 13.2. The summed E-state index contributed by atoms with van der Waals surface area (Å²) in [5, 5.41) is 0. The van der Waals surface area contributed by atoms with Crippen LogP contribution >= 0.6 is 0 Å². The molecule has 30 heavy (non-hydrogen) atoms. The minimum Gasteiger partial charge on any atom is -0.465 e. The number of nitrogens with zero attached hydrogens (tertiary/aromatic N) is 4. The van der Waals surface area contributed by atoms with Crippen molar-refractivity contribution in [2.45, 2.75) is 13.1 Å². The third-order valence-corrected chi connectivity index (χ3v) is 4.79. The fraction of sp³-hybridized carbons (Fsp3) is 0.136. The highest BCUT2D eigenvalue weighted by Gasteiger charge is 2.15. The molecule has 0 aliphatic carbocycles. The van der Waals surface area contributed by atoms with Crippen LogP contribution in [0.1, 0.15) is 21.5 Å². The van der Waals surface area contributed by atoms with Crippen LogP contribution in [0, 0.1) is 0 Å². The van der Waals surface area contributed by atoms with Gasteiger partial charge in [-0.2, -0.15) is 0 Å². The van der Waals surface area contributed by atoms with Gasteiger partial charge < -0.3 is 4.74 Å². The Morgan fingerprint density at radius 3 is 2.27 bits per heavy atom. The van der Waals surface area contributed by atoms with Crippen molar-refractivity contribution in [2.24, 2.45) is 0 Å². The number of hydrogen-bond acceptors (Lipinski definition) is 6. The Hall–Kier alpha value is -4.07. The molecule has 0 saturated carbocycles. The topological polar surface area (TPSA) is 96.1 Å². The molecule has 4 rings (SSSR count). The molecule has 0 aliphatic rings. The number of benzene rings is 1. The molecule has 150 valence electrons. The van der Waals surface area contributed by atoms with Crippen molar-refractivity contribution in [2.75, 3.05) is 7.11 Å². The van der Waals surface area contributed by atoms with Gasteiger partial charge in [-0.1, -0.05) is 12.1 Å². The Morgan fingerprint density at radius 2 is 1.57 bits per heavy atom. The third kappa shape index (κ3) is 3.62. The zero-order valence-corrected chi connectivity index (χ0v) is 16.2. The summed E-state index contributed by atoms with van der Waals surface area (Å²) in [5.41, 5.74) is 1.80. The van der Waals surface area contributed by atoms with Crippen molar-refractivity contribution >= 4 is 17.0 Å². The first-order chi connectivity index (χ1) is 14.6. The molecule has 3 heterocycles. The molecule has 0 bridgehead atoms. The highest BCUT2D eigenvalue weighted by atomic mass is 16.5. The molecule has 4 aromatic rings. The normalized spacial score (nSPS) is 10.8. The minimum atomic E-state index is -0.440. The second kappa shape index (κ2) is 8.12. The van der Waals surface area contributed by atoms with Crippen molar-refractivity contribution in [3.63, 3.8) is 0 Å². The summed E-state index contributed by atoms with van der Waals surface area (Å²) in [6.07, 6.45) is 4.75. The van der Waals surface area contributed by atoms with E-state index in [1.165, 1.54) is 22.4 Å². The summed E-state index contributed by atoms with van der Waals surface area (Å²) in [4.78, 5) is 46.0. The van der Waals surface area contributed by atoms with Gasteiger partial charge in [-0.3, -0.25) is 18.9 Å². The van der Waals surface area contributed by atoms with E-state index in [9.17, 15) is 14.4 Å². The summed E-state index contributed by atoms with van der Waals surface area (Å²) >= 11 is 0. The number of methoxy groups -OCH3 is 1. The fourth-order valence-corrected chi connectivity index (χ4v) is 3.25. The zero-order valence-electron chi connectivity index (χ0n) is 16.2. The van der Waals surface area contributed by atoms with E-state index >= 15 is 0 Å². The number of esters is 1. The Balaban J connectivity index is 1.82. The van der Waals surface area contributed by atoms with Crippen LogP contribution in [0.15, 0.2) is 76.7 Å². The van der Waals surface area contributed by atoms with E-state index in [2.05, 4.69) is 9.97 Å². The summed E-state index contributed by atoms with van der Waals surface area (Å²) in [5.74, 6) is -0.431. The molecule has 8 heteroatoms. The Bertz CT molecular complexity index is 1330. The number of fused-ring (bicyclic) bond motifs is 1. The molecule has 0 amide bonds. The molecular weight excluding hydrogens is 384 g/mol. The van der Waals surface area contributed by atoms with E-state index in [-0.39, 0.29) is 18.6 Å². The van der Waals surface area contributed by atoms with Gasteiger partial charge in [-0.05, 0) is 47.5 Å². The van der Waals surface area contributed by atoms with Gasteiger partial charge in [0, 0.05) is 18.6 Å². The standard InChI is InChI=1S/C22H18N4O4/c1-30-21(28)17-6-4-15(5-7-17)13-25-18-3-2-10-24-19(18)20(27)26(22(25)29)14-16-8-11-23-12-9-16/h2-12H,13-14H2,1H3. The summed E-state index contributed by atoms with van der Waals surface area (Å²) in [7, 11) is 1.32. The lowest BCUT2D eigenvalue weighted by Crippen LogP contribution is -2.40. The van der Waals surface area contributed by atoms with Gasteiger partial charge in [-0.15, -0.1) is 0 Å². The van der Waals surface area contributed by atoms with E-state index in [0.29, 0.717) is 11.1 Å². The Morgan fingerprint density at radius 1 is 0.900 bits per heavy atom. The van der Waals surface area contributed by atoms with E-state index in [1.54, 1.807) is 60.9 Å². The Labute approximate surface area is 171 Å². The van der Waals surface area contributed by atoms with Gasteiger partial charge in [0.25, 0.3) is 5.56 Å². The minimum absolute atomic E-state index is 0.119. The van der Waals surface area contributed by atoms with Gasteiger partial charge in [-0.25, -0.2) is 14.6 Å². The van der Waals surface area contributed by atoms with Crippen LogP contribution in [0.3, 0.4) is 0 Å². The largest absolute Gasteiger partial charge is 0.465 e. The second-order valence-corrected chi connectivity index (χ2v) is 6.68. The van der Waals surface area contributed by atoms with Crippen LogP contribution in [-0.2, 0) is 17.8 Å². The van der Waals surface area contributed by atoms with Crippen molar-refractivity contribution in [1.29, 1.82) is 0 Å². The number of aromatic nitrogens is 4. The first-order valence-electron chi connectivity index (χ1n) is 9.23. The SMILES string of the molecule is COC(=O)c1ccc(Cn2c(=O)n(Cc3ccncc3)c(=O)c3ncccc32)cc1. The Kier molecular flexibility index (Phi) is 5.21. The molecule has 1 aromatic carbocycles. The van der Waals surface area contributed by atoms with Crippen LogP contribution in [0.5, 0.6) is 0 Å². The van der Waals surface area contributed by atoms with Crippen molar-refractivity contribution in [3.8, 4) is 0 Å². The summed E-state index contributed by atoms with van der Waals surface area (Å²) in [6, 6.07) is 13.7. The lowest BCUT2D eigenvalue weighted by atomic mass is 10.1. The van der Waals surface area contributed by atoms with Crippen LogP contribution in [0.25, 0.3) is 11.0 Å². The number of carbonyl (C=O) groups is 1. The lowest BCUT2D eigenvalue weighted by Gasteiger charge is -2.14. The third-order valence-electron chi connectivity index (χ3n) is 4.79. The number of rotatable bonds is 5. The first-order valence-corrected chi connectivity index (χ1v) is 9.23. The second-order valence-electron chi connectivity index (χ2n) is 6.68. The monoisotopic (exact) mass is 402 g/mol. The van der Waals surface area contributed by atoms with E-state index < -0.39 is 17.2 Å². The molecule has 0 fully saturated rings. The van der Waals surface area contributed by atoms with Gasteiger partial charge >= 0.3 is 11.7 Å². The lowest BCUT2D eigenvalue weighted by molar-refractivity contribution is 0.0600. The molecule has 0 unspecified atom stereocenters. The van der Waals surface area contributed by atoms with Crippen LogP contribution in [0.4, 0.5) is 0 Å². The average molecular weight is 402 g/mol. The van der Waals surface area contributed by atoms with Gasteiger partial charge in [0.1, 0.15) is 0 Å². The van der Waals surface area contributed by atoms with E-state index in [0.717, 1.165) is 11.1 Å². The van der Waals surface area contributed by atoms with Crippen molar-refractivity contribution < 1.29 is 9.53 Å². The number of ether oxygens (including phenoxy) is 1. The molecule has 8 nitrogen and oxygen atoms in total. The first kappa shape index (κ1) is 19.3. The predicted molar refractivity (Wildman–Crippen MR) is 110 cm³/mol. The molecule has 0 spiro atoms. The van der Waals surface area contributed by atoms with Crippen LogP contribution < -0.4 is 11.2 Å². The predicted octanol–water partition coefficient (Wildman–Crippen LogP) is 1.84. The molecule has 0 aliphatic heterocycles. The quantitative estimate of drug-likeness (QED) is 0.473. The highest BCUT2D eigenvalue weighted by Crippen LogP contribution is 2.11. The van der Waals surface area contributed by atoms with Gasteiger partial charge in [0.2, 0.25) is 0 Å². The molecule has 0 N–H and O–H groups in total. The number of hydrogen-bond donors (Lipinski definition) is 0. The van der Waals surface area contributed by atoms with Crippen LogP contribution in [0.2, 0.25) is 0 Å². The van der Waals surface area contributed by atoms with Gasteiger partial charge in [0.05, 0.1) is 31.3 Å². The maximum absolute atomic E-state index is 13.2. The fourth-order valence-electron chi connectivity index (χ4n) is 3.25. The van der Waals surface area contributed by atoms with E-state index in [4.69, 9.17) is 4.74 Å². The van der Waals surface area contributed by atoms with Crippen molar-refractivity contribution in [1.82, 2.24) is 19.1 Å². The number of pyridine rings is 2. The summed E-state index contributed by atoms with van der Waals surface area (Å²) in [6.45, 7) is 0.340. The highest BCUT2D eigenvalue weighted by molar-refractivity contribution is 5.89. The number of carbonyl (C=O) groups excluding carboxylic acids is 1. The van der Waals surface area contributed by atoms with Crippen molar-refractivity contribution in [3.05, 3.63) is 105 Å². The zero-order chi connectivity index (χ0) is 21.1. The average Bonchev–Trinajstić information content (AvgIpc) is 2.80. The van der Waals surface area contributed by atoms with E-state index in [1.807, 2.05) is 0 Å². The molecule has 0 radical (unpaired) electrons. The van der Waals surface area contributed by atoms with Crippen LogP contribution in [-0.4, -0.2) is 32.2 Å². The summed E-state index contributed by atoms with van der Waals surface area (Å²) < 4.78 is 7.40. The molecule has 3 aromatic heterocycles. The van der Waals surface area contributed by atoms with Gasteiger partial charge in [0.15, 0.2) is 5.52 Å². The molecule has 0 atom stereocenters. The maximum Gasteiger partial charge on any atom is 0.337 e.